The lowest BCUT2D eigenvalue weighted by atomic mass is 9.89. The van der Waals surface area contributed by atoms with Crippen LogP contribution in [0, 0.1) is 5.41 Å². The molecule has 1 aromatic carbocycles. The monoisotopic (exact) mass is 513 g/mol. The van der Waals surface area contributed by atoms with Crippen LogP contribution >= 0.6 is 0 Å². The van der Waals surface area contributed by atoms with Crippen molar-refractivity contribution in [3.05, 3.63) is 40.1 Å². The van der Waals surface area contributed by atoms with E-state index in [0.29, 0.717) is 37.8 Å². The number of alkyl halides is 2. The van der Waals surface area contributed by atoms with Gasteiger partial charge >= 0.3 is 0 Å². The third kappa shape index (κ3) is 4.88. The van der Waals surface area contributed by atoms with Crippen LogP contribution in [0.2, 0.25) is 0 Å². The van der Waals surface area contributed by atoms with E-state index in [1.807, 2.05) is 11.0 Å². The van der Waals surface area contributed by atoms with Gasteiger partial charge in [-0.3, -0.25) is 9.48 Å². The molecule has 1 fully saturated rings. The fraction of sp³-hybridized carbons (Fsp3) is 0.593. The van der Waals surface area contributed by atoms with Gasteiger partial charge in [-0.15, -0.1) is 0 Å². The molecule has 1 saturated heterocycles. The van der Waals surface area contributed by atoms with Crippen molar-refractivity contribution in [3.8, 4) is 0 Å². The van der Waals surface area contributed by atoms with Gasteiger partial charge in [-0.1, -0.05) is 6.07 Å². The number of hydrogen-bond donors (Lipinski definition) is 3. The van der Waals surface area contributed by atoms with Gasteiger partial charge in [0.05, 0.1) is 12.6 Å². The highest BCUT2D eigenvalue weighted by atomic mass is 19.3. The van der Waals surface area contributed by atoms with Crippen LogP contribution in [0.25, 0.3) is 0 Å². The van der Waals surface area contributed by atoms with Gasteiger partial charge in [0.2, 0.25) is 5.91 Å². The predicted molar refractivity (Wildman–Crippen MR) is 140 cm³/mol. The van der Waals surface area contributed by atoms with Gasteiger partial charge in [0.1, 0.15) is 0 Å². The summed E-state index contributed by atoms with van der Waals surface area (Å²) >= 11 is 0. The highest BCUT2D eigenvalue weighted by Crippen LogP contribution is 2.42. The van der Waals surface area contributed by atoms with Crippen molar-refractivity contribution in [1.82, 2.24) is 25.3 Å². The molecule has 37 heavy (non-hydrogen) atoms. The van der Waals surface area contributed by atoms with Crippen LogP contribution in [0.15, 0.2) is 12.1 Å². The SMILES string of the molecule is CNCC(C=N)c1cc2c(cc1C(F)F)N(c1nn(C3CCNCC3)c3c1CN(C(C)=O)CC3)CCC2. The second-order valence-corrected chi connectivity index (χ2v) is 10.4. The molecule has 10 heteroatoms. The highest BCUT2D eigenvalue weighted by Gasteiger charge is 2.34. The number of nitrogens with zero attached hydrogens (tertiary/aromatic N) is 4. The van der Waals surface area contributed by atoms with E-state index in [0.717, 1.165) is 67.8 Å². The predicted octanol–water partition coefficient (Wildman–Crippen LogP) is 3.69. The van der Waals surface area contributed by atoms with Crippen molar-refractivity contribution < 1.29 is 13.6 Å². The van der Waals surface area contributed by atoms with Crippen LogP contribution in [0.1, 0.15) is 72.5 Å². The fourth-order valence-corrected chi connectivity index (χ4v) is 6.14. The van der Waals surface area contributed by atoms with Crippen molar-refractivity contribution in [3.63, 3.8) is 0 Å². The normalized spacial score (nSPS) is 19.1. The summed E-state index contributed by atoms with van der Waals surface area (Å²) in [6.07, 6.45) is 3.03. The van der Waals surface area contributed by atoms with E-state index in [4.69, 9.17) is 10.5 Å². The Morgan fingerprint density at radius 3 is 2.70 bits per heavy atom. The summed E-state index contributed by atoms with van der Waals surface area (Å²) in [6.45, 7) is 5.78. The van der Waals surface area contributed by atoms with E-state index in [1.54, 1.807) is 20.0 Å². The highest BCUT2D eigenvalue weighted by molar-refractivity contribution is 5.76. The number of benzene rings is 1. The van der Waals surface area contributed by atoms with E-state index in [2.05, 4.69) is 20.2 Å². The van der Waals surface area contributed by atoms with Gasteiger partial charge in [-0.05, 0) is 63.0 Å². The van der Waals surface area contributed by atoms with Crippen LogP contribution in [0.5, 0.6) is 0 Å². The maximum Gasteiger partial charge on any atom is 0.264 e. The summed E-state index contributed by atoms with van der Waals surface area (Å²) in [4.78, 5) is 16.2. The van der Waals surface area contributed by atoms with E-state index in [9.17, 15) is 13.6 Å². The fourth-order valence-electron chi connectivity index (χ4n) is 6.14. The number of nitrogens with one attached hydrogen (secondary N) is 3. The largest absolute Gasteiger partial charge is 0.338 e. The molecule has 200 valence electrons. The van der Waals surface area contributed by atoms with Crippen LogP contribution < -0.4 is 15.5 Å². The van der Waals surface area contributed by atoms with Gasteiger partial charge in [0.15, 0.2) is 5.82 Å². The van der Waals surface area contributed by atoms with Gasteiger partial charge in [0, 0.05) is 67.6 Å². The standard InChI is InChI=1S/C27H37F2N7O/c1-17(37)34-11-7-24-23(16-34)27(33-36(24)20-5-8-32-9-6-20)35-10-3-4-18-12-21(19(14-30)15-31-2)22(26(28)29)13-25(18)35/h12-14,19-20,26,30-32H,3-11,15-16H2,1-2H3. The Labute approximate surface area is 216 Å². The van der Waals surface area contributed by atoms with Crippen LogP contribution in [-0.2, 0) is 24.2 Å². The quantitative estimate of drug-likeness (QED) is 0.492. The average molecular weight is 514 g/mol. The smallest absolute Gasteiger partial charge is 0.264 e. The molecule has 3 aliphatic heterocycles. The molecule has 1 aromatic heterocycles. The molecular formula is C27H37F2N7O. The molecule has 1 amide bonds. The molecule has 2 aromatic rings. The summed E-state index contributed by atoms with van der Waals surface area (Å²) in [5.74, 6) is 0.426. The zero-order valence-corrected chi connectivity index (χ0v) is 21.7. The van der Waals surface area contributed by atoms with Crippen LogP contribution in [0.4, 0.5) is 20.3 Å². The summed E-state index contributed by atoms with van der Waals surface area (Å²) in [5.41, 5.74) is 4.50. The third-order valence-electron chi connectivity index (χ3n) is 8.08. The van der Waals surface area contributed by atoms with Crippen molar-refractivity contribution in [2.24, 2.45) is 0 Å². The molecular weight excluding hydrogens is 476 g/mol. The average Bonchev–Trinajstić information content (AvgIpc) is 3.29. The first-order chi connectivity index (χ1) is 17.9. The molecule has 0 spiro atoms. The Hall–Kier alpha value is -2.85. The van der Waals surface area contributed by atoms with Crippen molar-refractivity contribution in [2.45, 2.75) is 64.0 Å². The topological polar surface area (TPSA) is 89.3 Å². The maximum absolute atomic E-state index is 14.3. The van der Waals surface area contributed by atoms with Crippen LogP contribution in [-0.4, -0.2) is 66.6 Å². The first-order valence-corrected chi connectivity index (χ1v) is 13.4. The Kier molecular flexibility index (Phi) is 7.57. The molecule has 0 radical (unpaired) electrons. The number of aryl methyl sites for hydroxylation is 1. The van der Waals surface area contributed by atoms with Gasteiger partial charge < -0.3 is 25.8 Å². The Balaban J connectivity index is 1.61. The maximum atomic E-state index is 14.3. The number of amides is 1. The molecule has 3 N–H and O–H groups in total. The number of carbonyl (C=O) groups excluding carboxylic acids is 1. The number of hydrogen-bond acceptors (Lipinski definition) is 6. The number of carbonyl (C=O) groups is 1. The zero-order chi connectivity index (χ0) is 26.1. The number of piperidine rings is 1. The van der Waals surface area contributed by atoms with Crippen molar-refractivity contribution >= 4 is 23.6 Å². The van der Waals surface area contributed by atoms with E-state index in [1.165, 1.54) is 11.9 Å². The van der Waals surface area contributed by atoms with Crippen LogP contribution in [0.3, 0.4) is 0 Å². The molecule has 1 unspecified atom stereocenters. The second kappa shape index (κ2) is 10.9. The number of anilines is 2. The molecule has 8 nitrogen and oxygen atoms in total. The molecule has 0 aliphatic carbocycles. The van der Waals surface area contributed by atoms with E-state index in [-0.39, 0.29) is 11.5 Å². The van der Waals surface area contributed by atoms with Gasteiger partial charge in [-0.2, -0.15) is 5.10 Å². The molecule has 0 bridgehead atoms. The number of likely N-dealkylation sites (N-methyl/N-ethyl adjacent to an activating group) is 1. The summed E-state index contributed by atoms with van der Waals surface area (Å²) in [7, 11) is 1.77. The number of halogens is 2. The van der Waals surface area contributed by atoms with Gasteiger partial charge in [-0.25, -0.2) is 8.78 Å². The molecule has 4 heterocycles. The Bertz CT molecular complexity index is 1160. The lowest BCUT2D eigenvalue weighted by molar-refractivity contribution is -0.129. The first kappa shape index (κ1) is 25.8. The minimum absolute atomic E-state index is 0.0218. The summed E-state index contributed by atoms with van der Waals surface area (Å²) in [5, 5.41) is 19.4. The molecule has 3 aliphatic rings. The molecule has 1 atom stereocenters. The zero-order valence-electron chi connectivity index (χ0n) is 21.7. The molecule has 0 saturated carbocycles. The number of rotatable bonds is 7. The molecule has 5 rings (SSSR count). The van der Waals surface area contributed by atoms with Crippen molar-refractivity contribution in [2.75, 3.05) is 44.7 Å². The Morgan fingerprint density at radius 1 is 1.24 bits per heavy atom. The lowest BCUT2D eigenvalue weighted by Crippen LogP contribution is -2.36. The lowest BCUT2D eigenvalue weighted by Gasteiger charge is -2.34. The number of aromatic nitrogens is 2. The summed E-state index contributed by atoms with van der Waals surface area (Å²) in [6, 6.07) is 3.81. The second-order valence-electron chi connectivity index (χ2n) is 10.4. The van der Waals surface area contributed by atoms with E-state index >= 15 is 0 Å². The minimum atomic E-state index is -2.64. The minimum Gasteiger partial charge on any atom is -0.338 e. The first-order valence-electron chi connectivity index (χ1n) is 13.4. The third-order valence-corrected chi connectivity index (χ3v) is 8.08. The number of fused-ring (bicyclic) bond motifs is 2. The summed E-state index contributed by atoms with van der Waals surface area (Å²) < 4.78 is 30.9. The van der Waals surface area contributed by atoms with E-state index < -0.39 is 12.3 Å². The van der Waals surface area contributed by atoms with Gasteiger partial charge in [0.25, 0.3) is 6.43 Å². The Morgan fingerprint density at radius 2 is 2.03 bits per heavy atom. The van der Waals surface area contributed by atoms with Crippen molar-refractivity contribution in [1.29, 1.82) is 5.41 Å².